The first-order chi connectivity index (χ1) is 18.1. The van der Waals surface area contributed by atoms with E-state index in [-0.39, 0.29) is 5.75 Å². The molecular weight excluding hydrogens is 522 g/mol. The number of fused-ring (bicyclic) bond motifs is 5. The number of hydrogen-bond donors (Lipinski definition) is 1. The maximum Gasteiger partial charge on any atom is 0.126 e. The number of pyridine rings is 1. The zero-order valence-electron chi connectivity index (χ0n) is 20.5. The molecule has 0 aliphatic rings. The predicted octanol–water partition coefficient (Wildman–Crippen LogP) is 9.52. The maximum absolute atomic E-state index is 11.5. The van der Waals surface area contributed by atoms with Gasteiger partial charge in [-0.3, -0.25) is 0 Å². The van der Waals surface area contributed by atoms with Crippen molar-refractivity contribution in [2.45, 2.75) is 19.8 Å². The topological polar surface area (TPSA) is 42.4 Å². The molecule has 6 rings (SSSR count). The number of phenolic OH excluding ortho intramolecular Hbond substituents is 1. The summed E-state index contributed by atoms with van der Waals surface area (Å²) in [5.41, 5.74) is 4.57. The van der Waals surface area contributed by atoms with Gasteiger partial charge in [0.2, 0.25) is 0 Å². The number of benzene rings is 5. The van der Waals surface area contributed by atoms with Crippen LogP contribution in [-0.2, 0) is 0 Å². The molecule has 182 valence electrons. The molecule has 4 heteroatoms. The second-order valence-electron chi connectivity index (χ2n) is 9.27. The van der Waals surface area contributed by atoms with E-state index >= 15 is 0 Å². The fourth-order valence-corrected chi connectivity index (χ4v) is 5.45. The predicted molar refractivity (Wildman–Crippen MR) is 157 cm³/mol. The quantitative estimate of drug-likeness (QED) is 0.167. The van der Waals surface area contributed by atoms with Crippen LogP contribution in [0, 0.1) is 0 Å². The molecule has 0 spiro atoms. The highest BCUT2D eigenvalue weighted by molar-refractivity contribution is 9.10. The lowest BCUT2D eigenvalue weighted by atomic mass is 9.93. The van der Waals surface area contributed by atoms with Crippen molar-refractivity contribution >= 4 is 48.4 Å². The molecule has 1 aromatic heterocycles. The van der Waals surface area contributed by atoms with Gasteiger partial charge in [0, 0.05) is 15.4 Å². The summed E-state index contributed by atoms with van der Waals surface area (Å²) in [7, 11) is 0. The van der Waals surface area contributed by atoms with Gasteiger partial charge in [0.1, 0.15) is 11.5 Å². The molecule has 0 amide bonds. The summed E-state index contributed by atoms with van der Waals surface area (Å²) in [4.78, 5) is 5.09. The van der Waals surface area contributed by atoms with Crippen molar-refractivity contribution in [3.63, 3.8) is 0 Å². The Morgan fingerprint density at radius 1 is 0.784 bits per heavy atom. The SMILES string of the molecule is CCCCOc1ccc(-c2cc(O)c3c(-c4ccccc4Br)nc4ccc5ccccc5c4c3c2)cc1. The summed E-state index contributed by atoms with van der Waals surface area (Å²) in [5.74, 6) is 1.07. The van der Waals surface area contributed by atoms with Crippen molar-refractivity contribution in [1.82, 2.24) is 4.98 Å². The van der Waals surface area contributed by atoms with E-state index < -0.39 is 0 Å². The molecule has 3 nitrogen and oxygen atoms in total. The minimum Gasteiger partial charge on any atom is -0.507 e. The van der Waals surface area contributed by atoms with Crippen molar-refractivity contribution < 1.29 is 9.84 Å². The van der Waals surface area contributed by atoms with Crippen molar-refractivity contribution in [2.75, 3.05) is 6.61 Å². The second kappa shape index (κ2) is 9.87. The molecule has 0 bridgehead atoms. The Labute approximate surface area is 224 Å². The molecule has 0 fully saturated rings. The molecule has 5 aromatic carbocycles. The fraction of sp³-hybridized carbons (Fsp3) is 0.121. The molecule has 0 saturated heterocycles. The number of ether oxygens (including phenoxy) is 1. The highest BCUT2D eigenvalue weighted by Crippen LogP contribution is 2.44. The van der Waals surface area contributed by atoms with E-state index in [2.05, 4.69) is 71.4 Å². The molecule has 6 aromatic rings. The number of hydrogen-bond acceptors (Lipinski definition) is 3. The van der Waals surface area contributed by atoms with Gasteiger partial charge < -0.3 is 9.84 Å². The van der Waals surface area contributed by atoms with E-state index in [1.54, 1.807) is 0 Å². The number of phenols is 1. The highest BCUT2D eigenvalue weighted by Gasteiger charge is 2.18. The van der Waals surface area contributed by atoms with Crippen molar-refractivity contribution in [2.24, 2.45) is 0 Å². The smallest absolute Gasteiger partial charge is 0.126 e. The monoisotopic (exact) mass is 547 g/mol. The fourth-order valence-electron chi connectivity index (χ4n) is 4.98. The lowest BCUT2D eigenvalue weighted by Crippen LogP contribution is -1.96. The number of aromatic nitrogens is 1. The van der Waals surface area contributed by atoms with Crippen LogP contribution in [-0.4, -0.2) is 16.7 Å². The molecule has 0 unspecified atom stereocenters. The summed E-state index contributed by atoms with van der Waals surface area (Å²) in [6.07, 6.45) is 2.14. The van der Waals surface area contributed by atoms with E-state index in [4.69, 9.17) is 9.72 Å². The summed E-state index contributed by atoms with van der Waals surface area (Å²) in [6.45, 7) is 2.87. The lowest BCUT2D eigenvalue weighted by molar-refractivity contribution is 0.309. The van der Waals surface area contributed by atoms with Gasteiger partial charge in [0.25, 0.3) is 0 Å². The molecule has 0 aliphatic heterocycles. The number of halogens is 1. The van der Waals surface area contributed by atoms with E-state index in [0.717, 1.165) is 84.5 Å². The van der Waals surface area contributed by atoms with Crippen LogP contribution in [0.15, 0.2) is 102 Å². The van der Waals surface area contributed by atoms with Crippen LogP contribution in [0.5, 0.6) is 11.5 Å². The summed E-state index contributed by atoms with van der Waals surface area (Å²) in [6, 6.07) is 32.7. The van der Waals surface area contributed by atoms with E-state index in [0.29, 0.717) is 0 Å². The first kappa shape index (κ1) is 23.5. The standard InChI is InChI=1S/C33H26BrNO2/c1-2-3-18-37-24-15-12-21(13-16-24)23-19-27-31-25-9-5-4-8-22(25)14-17-29(31)35-33(32(27)30(36)20-23)26-10-6-7-11-28(26)34/h4-17,19-20,36H,2-3,18H2,1H3. The largest absolute Gasteiger partial charge is 0.507 e. The Bertz CT molecular complexity index is 1760. The van der Waals surface area contributed by atoms with E-state index in [1.807, 2.05) is 48.5 Å². The molecule has 0 saturated carbocycles. The number of rotatable bonds is 6. The summed E-state index contributed by atoms with van der Waals surface area (Å²) in [5, 5.41) is 16.5. The molecular formula is C33H26BrNO2. The number of nitrogens with zero attached hydrogens (tertiary/aromatic N) is 1. The van der Waals surface area contributed by atoms with E-state index in [1.165, 1.54) is 0 Å². The van der Waals surface area contributed by atoms with Crippen LogP contribution in [0.2, 0.25) is 0 Å². The molecule has 0 atom stereocenters. The Morgan fingerprint density at radius 2 is 1.57 bits per heavy atom. The van der Waals surface area contributed by atoms with Gasteiger partial charge in [-0.15, -0.1) is 0 Å². The number of unbranched alkanes of at least 4 members (excludes halogenated alkanes) is 1. The third-order valence-corrected chi connectivity index (χ3v) is 7.54. The van der Waals surface area contributed by atoms with Crippen molar-refractivity contribution in [3.8, 4) is 33.9 Å². The molecule has 0 aliphatic carbocycles. The minimum absolute atomic E-state index is 0.212. The van der Waals surface area contributed by atoms with Crippen LogP contribution in [0.1, 0.15) is 19.8 Å². The van der Waals surface area contributed by atoms with Crippen molar-refractivity contribution in [1.29, 1.82) is 0 Å². The summed E-state index contributed by atoms with van der Waals surface area (Å²) >= 11 is 3.69. The molecule has 1 heterocycles. The van der Waals surface area contributed by atoms with E-state index in [9.17, 15) is 5.11 Å². The maximum atomic E-state index is 11.5. The highest BCUT2D eigenvalue weighted by atomic mass is 79.9. The van der Waals surface area contributed by atoms with Crippen molar-refractivity contribution in [3.05, 3.63) is 102 Å². The minimum atomic E-state index is 0.212. The van der Waals surface area contributed by atoms with Crippen LogP contribution in [0.4, 0.5) is 0 Å². The van der Waals surface area contributed by atoms with Gasteiger partial charge in [0.05, 0.1) is 23.2 Å². The number of aromatic hydroxyl groups is 1. The van der Waals surface area contributed by atoms with Gasteiger partial charge in [-0.25, -0.2) is 4.98 Å². The lowest BCUT2D eigenvalue weighted by Gasteiger charge is -2.16. The molecule has 1 N–H and O–H groups in total. The van der Waals surface area contributed by atoms with Gasteiger partial charge in [-0.1, -0.05) is 89.9 Å². The van der Waals surface area contributed by atoms with Crippen LogP contribution in [0.3, 0.4) is 0 Å². The van der Waals surface area contributed by atoms with Crippen LogP contribution >= 0.6 is 15.9 Å². The average molecular weight is 548 g/mol. The first-order valence-electron chi connectivity index (χ1n) is 12.6. The van der Waals surface area contributed by atoms with Gasteiger partial charge in [0.15, 0.2) is 0 Å². The summed E-state index contributed by atoms with van der Waals surface area (Å²) < 4.78 is 6.79. The van der Waals surface area contributed by atoms with Gasteiger partial charge in [-0.2, -0.15) is 0 Å². The zero-order valence-corrected chi connectivity index (χ0v) is 22.1. The normalized spacial score (nSPS) is 11.4. The first-order valence-corrected chi connectivity index (χ1v) is 13.4. The second-order valence-corrected chi connectivity index (χ2v) is 10.1. The Morgan fingerprint density at radius 3 is 2.38 bits per heavy atom. The average Bonchev–Trinajstić information content (AvgIpc) is 2.93. The van der Waals surface area contributed by atoms with Crippen LogP contribution < -0.4 is 4.74 Å². The van der Waals surface area contributed by atoms with Crippen LogP contribution in [0.25, 0.3) is 54.8 Å². The van der Waals surface area contributed by atoms with Gasteiger partial charge >= 0.3 is 0 Å². The van der Waals surface area contributed by atoms with Gasteiger partial charge in [-0.05, 0) is 70.1 Å². The Balaban J connectivity index is 1.62. The Hall–Kier alpha value is -3.89. The third kappa shape index (κ3) is 4.32. The molecule has 37 heavy (non-hydrogen) atoms. The zero-order chi connectivity index (χ0) is 25.4. The third-order valence-electron chi connectivity index (χ3n) is 6.85. The Kier molecular flexibility index (Phi) is 6.27. The molecule has 0 radical (unpaired) electrons.